The molecule has 2 heterocycles. The molecule has 0 radical (unpaired) electrons. The Morgan fingerprint density at radius 2 is 1.76 bits per heavy atom. The molecule has 6 nitrogen and oxygen atoms in total. The van der Waals surface area contributed by atoms with Crippen LogP contribution in [0.15, 0.2) is 54.7 Å². The Labute approximate surface area is 147 Å². The van der Waals surface area contributed by atoms with Crippen LogP contribution in [0.1, 0.15) is 28.9 Å². The number of nitrogens with one attached hydrogen (secondary N) is 2. The number of piperidine rings is 1. The molecule has 0 aliphatic carbocycles. The van der Waals surface area contributed by atoms with Gasteiger partial charge in [0.15, 0.2) is 0 Å². The molecule has 0 saturated carbocycles. The van der Waals surface area contributed by atoms with Gasteiger partial charge >= 0.3 is 6.03 Å². The lowest BCUT2D eigenvalue weighted by molar-refractivity contribution is 0.0913. The first-order valence-electron chi connectivity index (χ1n) is 8.51. The quantitative estimate of drug-likeness (QED) is 0.897. The summed E-state index contributed by atoms with van der Waals surface area (Å²) in [6, 6.07) is 15.1. The van der Waals surface area contributed by atoms with Gasteiger partial charge in [0.05, 0.1) is 0 Å². The predicted molar refractivity (Wildman–Crippen MR) is 95.0 cm³/mol. The van der Waals surface area contributed by atoms with Crippen LogP contribution in [0.3, 0.4) is 0 Å². The monoisotopic (exact) mass is 338 g/mol. The average molecular weight is 338 g/mol. The molecule has 0 unspecified atom stereocenters. The average Bonchev–Trinajstić information content (AvgIpc) is 2.68. The lowest BCUT2D eigenvalue weighted by Gasteiger charge is -2.32. The van der Waals surface area contributed by atoms with Gasteiger partial charge in [-0.3, -0.25) is 9.78 Å². The van der Waals surface area contributed by atoms with E-state index in [1.165, 1.54) is 0 Å². The van der Waals surface area contributed by atoms with Crippen LogP contribution in [0.2, 0.25) is 0 Å². The number of pyridine rings is 1. The number of hydrogen-bond acceptors (Lipinski definition) is 3. The zero-order valence-electron chi connectivity index (χ0n) is 14.0. The molecule has 1 saturated heterocycles. The molecule has 25 heavy (non-hydrogen) atoms. The van der Waals surface area contributed by atoms with Crippen LogP contribution in [0.25, 0.3) is 0 Å². The molecule has 1 aromatic heterocycles. The Kier molecular flexibility index (Phi) is 5.61. The van der Waals surface area contributed by atoms with Crippen molar-refractivity contribution in [2.75, 3.05) is 13.1 Å². The lowest BCUT2D eigenvalue weighted by atomic mass is 10.1. The van der Waals surface area contributed by atoms with Crippen molar-refractivity contribution in [2.45, 2.75) is 25.4 Å². The summed E-state index contributed by atoms with van der Waals surface area (Å²) < 4.78 is 0. The number of likely N-dealkylation sites (tertiary alicyclic amines) is 1. The minimum absolute atomic E-state index is 0.0571. The Balaban J connectivity index is 1.42. The summed E-state index contributed by atoms with van der Waals surface area (Å²) in [5.74, 6) is -0.160. The van der Waals surface area contributed by atoms with Gasteiger partial charge < -0.3 is 15.5 Å². The zero-order valence-corrected chi connectivity index (χ0v) is 14.0. The van der Waals surface area contributed by atoms with Crippen molar-refractivity contribution in [2.24, 2.45) is 0 Å². The standard InChI is InChI=1S/C19H22N4O2/c24-18(17-8-4-5-11-20-17)22-16-9-12-23(13-10-16)19(25)21-14-15-6-2-1-3-7-15/h1-8,11,16H,9-10,12-14H2,(H,21,25)(H,22,24). The summed E-state index contributed by atoms with van der Waals surface area (Å²) in [4.78, 5) is 30.2. The van der Waals surface area contributed by atoms with Crippen LogP contribution in [-0.4, -0.2) is 41.0 Å². The van der Waals surface area contributed by atoms with Gasteiger partial charge in [0.2, 0.25) is 0 Å². The number of aromatic nitrogens is 1. The van der Waals surface area contributed by atoms with E-state index in [2.05, 4.69) is 15.6 Å². The third-order valence-electron chi connectivity index (χ3n) is 4.30. The highest BCUT2D eigenvalue weighted by Crippen LogP contribution is 2.11. The third kappa shape index (κ3) is 4.79. The van der Waals surface area contributed by atoms with Gasteiger partial charge in [0.25, 0.3) is 5.91 Å². The van der Waals surface area contributed by atoms with Crippen molar-refractivity contribution in [3.8, 4) is 0 Å². The molecular weight excluding hydrogens is 316 g/mol. The van der Waals surface area contributed by atoms with Gasteiger partial charge in [-0.15, -0.1) is 0 Å². The van der Waals surface area contributed by atoms with Crippen molar-refractivity contribution >= 4 is 11.9 Å². The van der Waals surface area contributed by atoms with E-state index in [-0.39, 0.29) is 18.0 Å². The number of carbonyl (C=O) groups excluding carboxylic acids is 2. The molecule has 0 spiro atoms. The Morgan fingerprint density at radius 3 is 2.44 bits per heavy atom. The number of amides is 3. The molecular formula is C19H22N4O2. The number of nitrogens with zero attached hydrogens (tertiary/aromatic N) is 2. The molecule has 130 valence electrons. The first-order valence-corrected chi connectivity index (χ1v) is 8.51. The molecule has 0 atom stereocenters. The SMILES string of the molecule is O=C(NC1CCN(C(=O)NCc2ccccc2)CC1)c1ccccn1. The summed E-state index contributed by atoms with van der Waals surface area (Å²) in [5.41, 5.74) is 1.50. The summed E-state index contributed by atoms with van der Waals surface area (Å²) in [6.45, 7) is 1.79. The normalized spacial score (nSPS) is 14.8. The van der Waals surface area contributed by atoms with Crippen molar-refractivity contribution in [1.29, 1.82) is 0 Å². The highest BCUT2D eigenvalue weighted by atomic mass is 16.2. The minimum Gasteiger partial charge on any atom is -0.348 e. The summed E-state index contributed by atoms with van der Waals surface area (Å²) >= 11 is 0. The molecule has 1 aliphatic rings. The first-order chi connectivity index (χ1) is 12.2. The van der Waals surface area contributed by atoms with Gasteiger partial charge in [-0.25, -0.2) is 4.79 Å². The second-order valence-corrected chi connectivity index (χ2v) is 6.09. The van der Waals surface area contributed by atoms with E-state index in [9.17, 15) is 9.59 Å². The van der Waals surface area contributed by atoms with Gasteiger partial charge in [0, 0.05) is 31.9 Å². The fraction of sp³-hybridized carbons (Fsp3) is 0.316. The molecule has 3 rings (SSSR count). The van der Waals surface area contributed by atoms with Crippen LogP contribution in [-0.2, 0) is 6.54 Å². The minimum atomic E-state index is -0.160. The van der Waals surface area contributed by atoms with E-state index in [1.807, 2.05) is 30.3 Å². The Hall–Kier alpha value is -2.89. The second kappa shape index (κ2) is 8.28. The number of urea groups is 1. The van der Waals surface area contributed by atoms with E-state index in [0.717, 1.165) is 18.4 Å². The summed E-state index contributed by atoms with van der Waals surface area (Å²) in [6.07, 6.45) is 3.10. The number of carbonyl (C=O) groups is 2. The molecule has 2 N–H and O–H groups in total. The van der Waals surface area contributed by atoms with Crippen LogP contribution >= 0.6 is 0 Å². The van der Waals surface area contributed by atoms with E-state index in [0.29, 0.717) is 25.3 Å². The van der Waals surface area contributed by atoms with Crippen molar-refractivity contribution < 1.29 is 9.59 Å². The zero-order chi connectivity index (χ0) is 17.5. The largest absolute Gasteiger partial charge is 0.348 e. The highest BCUT2D eigenvalue weighted by Gasteiger charge is 2.24. The maximum Gasteiger partial charge on any atom is 0.317 e. The summed E-state index contributed by atoms with van der Waals surface area (Å²) in [5, 5.41) is 5.93. The smallest absolute Gasteiger partial charge is 0.317 e. The van der Waals surface area contributed by atoms with Gasteiger partial charge in [-0.2, -0.15) is 0 Å². The van der Waals surface area contributed by atoms with E-state index in [4.69, 9.17) is 0 Å². The van der Waals surface area contributed by atoms with Crippen LogP contribution in [0.5, 0.6) is 0 Å². The predicted octanol–water partition coefficient (Wildman–Crippen LogP) is 2.19. The molecule has 2 aromatic rings. The molecule has 1 fully saturated rings. The maximum absolute atomic E-state index is 12.2. The molecule has 6 heteroatoms. The van der Waals surface area contributed by atoms with Gasteiger partial charge in [-0.1, -0.05) is 36.4 Å². The van der Waals surface area contributed by atoms with Gasteiger partial charge in [-0.05, 0) is 30.5 Å². The Bertz CT molecular complexity index is 698. The fourth-order valence-electron chi connectivity index (χ4n) is 2.87. The van der Waals surface area contributed by atoms with E-state index < -0.39 is 0 Å². The second-order valence-electron chi connectivity index (χ2n) is 6.09. The van der Waals surface area contributed by atoms with Crippen molar-refractivity contribution in [3.05, 3.63) is 66.0 Å². The number of rotatable bonds is 4. The van der Waals surface area contributed by atoms with Crippen molar-refractivity contribution in [3.63, 3.8) is 0 Å². The molecule has 1 aromatic carbocycles. The topological polar surface area (TPSA) is 74.3 Å². The van der Waals surface area contributed by atoms with Gasteiger partial charge in [0.1, 0.15) is 5.69 Å². The summed E-state index contributed by atoms with van der Waals surface area (Å²) in [7, 11) is 0. The number of hydrogen-bond donors (Lipinski definition) is 2. The van der Waals surface area contributed by atoms with E-state index in [1.54, 1.807) is 29.3 Å². The Morgan fingerprint density at radius 1 is 1.04 bits per heavy atom. The highest BCUT2D eigenvalue weighted by molar-refractivity contribution is 5.92. The number of benzene rings is 1. The van der Waals surface area contributed by atoms with Crippen LogP contribution < -0.4 is 10.6 Å². The maximum atomic E-state index is 12.2. The molecule has 3 amide bonds. The van der Waals surface area contributed by atoms with E-state index >= 15 is 0 Å². The van der Waals surface area contributed by atoms with Crippen LogP contribution in [0.4, 0.5) is 4.79 Å². The lowest BCUT2D eigenvalue weighted by Crippen LogP contribution is -2.49. The van der Waals surface area contributed by atoms with Crippen molar-refractivity contribution in [1.82, 2.24) is 20.5 Å². The third-order valence-corrected chi connectivity index (χ3v) is 4.30. The fourth-order valence-corrected chi connectivity index (χ4v) is 2.87. The molecule has 0 bridgehead atoms. The molecule has 1 aliphatic heterocycles. The van der Waals surface area contributed by atoms with Crippen LogP contribution in [0, 0.1) is 0 Å². The first kappa shape index (κ1) is 17.0.